The Balaban J connectivity index is 2.17. The SMILES string of the molecule is O=[N+]([O-])CC(c1ccccc1)c1c[nH]c2cccc(Br)c12. The summed E-state index contributed by atoms with van der Waals surface area (Å²) in [5, 5.41) is 12.1. The van der Waals surface area contributed by atoms with Crippen molar-refractivity contribution in [3.05, 3.63) is 80.4 Å². The molecule has 0 fully saturated rings. The lowest BCUT2D eigenvalue weighted by molar-refractivity contribution is -0.481. The molecule has 0 saturated carbocycles. The smallest absolute Gasteiger partial charge is 0.214 e. The van der Waals surface area contributed by atoms with E-state index in [4.69, 9.17) is 0 Å². The number of halogens is 1. The number of aromatic nitrogens is 1. The molecule has 3 aromatic rings. The lowest BCUT2D eigenvalue weighted by atomic mass is 9.91. The van der Waals surface area contributed by atoms with Crippen LogP contribution in [0.15, 0.2) is 59.2 Å². The molecule has 1 atom stereocenters. The van der Waals surface area contributed by atoms with Gasteiger partial charge < -0.3 is 4.98 Å². The molecule has 0 spiro atoms. The van der Waals surface area contributed by atoms with E-state index in [0.29, 0.717) is 0 Å². The predicted molar refractivity (Wildman–Crippen MR) is 86.1 cm³/mol. The number of fused-ring (bicyclic) bond motifs is 1. The molecule has 0 saturated heterocycles. The second kappa shape index (κ2) is 5.69. The van der Waals surface area contributed by atoms with Gasteiger partial charge in [-0.3, -0.25) is 10.1 Å². The first-order chi connectivity index (χ1) is 10.2. The normalized spacial score (nSPS) is 12.4. The second-order valence-electron chi connectivity index (χ2n) is 4.88. The van der Waals surface area contributed by atoms with Gasteiger partial charge in [0.2, 0.25) is 6.54 Å². The summed E-state index contributed by atoms with van der Waals surface area (Å²) in [5.41, 5.74) is 2.87. The van der Waals surface area contributed by atoms with Crippen molar-refractivity contribution < 1.29 is 4.92 Å². The minimum Gasteiger partial charge on any atom is -0.361 e. The van der Waals surface area contributed by atoms with Crippen molar-refractivity contribution in [3.8, 4) is 0 Å². The molecule has 1 aromatic heterocycles. The Morgan fingerprint density at radius 2 is 1.90 bits per heavy atom. The Kier molecular flexibility index (Phi) is 3.75. The molecular weight excluding hydrogens is 332 g/mol. The summed E-state index contributed by atoms with van der Waals surface area (Å²) in [5.74, 6) is -0.270. The van der Waals surface area contributed by atoms with Crippen molar-refractivity contribution in [2.45, 2.75) is 5.92 Å². The Bertz CT molecular complexity index is 783. The highest BCUT2D eigenvalue weighted by atomic mass is 79.9. The molecule has 4 nitrogen and oxygen atoms in total. The number of benzene rings is 2. The number of nitrogens with zero attached hydrogens (tertiary/aromatic N) is 1. The van der Waals surface area contributed by atoms with Gasteiger partial charge >= 0.3 is 0 Å². The zero-order valence-electron chi connectivity index (χ0n) is 11.1. The summed E-state index contributed by atoms with van der Waals surface area (Å²) in [4.78, 5) is 14.0. The highest BCUT2D eigenvalue weighted by Crippen LogP contribution is 2.35. The number of nitrogens with one attached hydrogen (secondary N) is 1. The first kappa shape index (κ1) is 13.8. The van der Waals surface area contributed by atoms with Crippen LogP contribution < -0.4 is 0 Å². The van der Waals surface area contributed by atoms with Crippen molar-refractivity contribution in [1.29, 1.82) is 0 Å². The third kappa shape index (κ3) is 2.69. The van der Waals surface area contributed by atoms with E-state index >= 15 is 0 Å². The van der Waals surface area contributed by atoms with Crippen LogP contribution in [0, 0.1) is 10.1 Å². The van der Waals surface area contributed by atoms with Crippen LogP contribution in [0.2, 0.25) is 0 Å². The van der Waals surface area contributed by atoms with Gasteiger partial charge in [-0.2, -0.15) is 0 Å². The molecule has 0 bridgehead atoms. The summed E-state index contributed by atoms with van der Waals surface area (Å²) in [7, 11) is 0. The quantitative estimate of drug-likeness (QED) is 0.565. The van der Waals surface area contributed by atoms with E-state index in [1.54, 1.807) is 0 Å². The maximum atomic E-state index is 11.1. The summed E-state index contributed by atoms with van der Waals surface area (Å²) in [6.07, 6.45) is 1.87. The molecule has 2 aromatic carbocycles. The summed E-state index contributed by atoms with van der Waals surface area (Å²) >= 11 is 3.54. The predicted octanol–water partition coefficient (Wildman–Crippen LogP) is 4.34. The number of aromatic amines is 1. The van der Waals surface area contributed by atoms with Gasteiger partial charge in [-0.25, -0.2) is 0 Å². The van der Waals surface area contributed by atoms with E-state index in [0.717, 1.165) is 26.5 Å². The third-order valence-electron chi connectivity index (χ3n) is 3.59. The second-order valence-corrected chi connectivity index (χ2v) is 5.74. The standard InChI is InChI=1S/C16H13BrN2O2/c17-14-7-4-8-15-16(14)12(9-18-15)13(10-19(20)21)11-5-2-1-3-6-11/h1-9,13,18H,10H2. The molecule has 0 amide bonds. The van der Waals surface area contributed by atoms with Crippen LogP contribution in [-0.4, -0.2) is 16.5 Å². The number of hydrogen-bond donors (Lipinski definition) is 1. The van der Waals surface area contributed by atoms with E-state index < -0.39 is 0 Å². The van der Waals surface area contributed by atoms with Crippen molar-refractivity contribution in [2.75, 3.05) is 6.54 Å². The van der Waals surface area contributed by atoms with E-state index in [1.807, 2.05) is 54.7 Å². The molecule has 0 aliphatic heterocycles. The molecule has 1 unspecified atom stereocenters. The molecule has 1 heterocycles. The van der Waals surface area contributed by atoms with Gasteiger partial charge in [0, 0.05) is 26.5 Å². The van der Waals surface area contributed by atoms with Crippen molar-refractivity contribution in [1.82, 2.24) is 4.98 Å². The van der Waals surface area contributed by atoms with E-state index in [2.05, 4.69) is 20.9 Å². The molecule has 0 aliphatic carbocycles. The van der Waals surface area contributed by atoms with Crippen molar-refractivity contribution in [3.63, 3.8) is 0 Å². The fraction of sp³-hybridized carbons (Fsp3) is 0.125. The Morgan fingerprint density at radius 1 is 1.14 bits per heavy atom. The lowest BCUT2D eigenvalue weighted by Crippen LogP contribution is -2.13. The Morgan fingerprint density at radius 3 is 2.62 bits per heavy atom. The van der Waals surface area contributed by atoms with E-state index in [9.17, 15) is 10.1 Å². The number of H-pyrrole nitrogens is 1. The first-order valence-corrected chi connectivity index (χ1v) is 7.38. The maximum absolute atomic E-state index is 11.1. The minimum atomic E-state index is -0.270. The van der Waals surface area contributed by atoms with Gasteiger partial charge in [0.05, 0.1) is 5.92 Å². The first-order valence-electron chi connectivity index (χ1n) is 6.59. The monoisotopic (exact) mass is 344 g/mol. The number of rotatable bonds is 4. The molecule has 0 aliphatic rings. The number of hydrogen-bond acceptors (Lipinski definition) is 2. The van der Waals surface area contributed by atoms with Gasteiger partial charge in [-0.15, -0.1) is 0 Å². The van der Waals surface area contributed by atoms with Crippen LogP contribution in [0.4, 0.5) is 0 Å². The molecular formula is C16H13BrN2O2. The average molecular weight is 345 g/mol. The fourth-order valence-electron chi connectivity index (χ4n) is 2.66. The lowest BCUT2D eigenvalue weighted by Gasteiger charge is -2.13. The number of nitro groups is 1. The molecule has 106 valence electrons. The zero-order valence-corrected chi connectivity index (χ0v) is 12.7. The van der Waals surface area contributed by atoms with Gasteiger partial charge in [-0.05, 0) is 23.3 Å². The highest BCUT2D eigenvalue weighted by molar-refractivity contribution is 9.10. The Labute approximate surface area is 130 Å². The highest BCUT2D eigenvalue weighted by Gasteiger charge is 2.23. The van der Waals surface area contributed by atoms with Crippen LogP contribution in [0.25, 0.3) is 10.9 Å². The van der Waals surface area contributed by atoms with Crippen LogP contribution >= 0.6 is 15.9 Å². The van der Waals surface area contributed by atoms with Gasteiger partial charge in [0.15, 0.2) is 0 Å². The molecule has 5 heteroatoms. The van der Waals surface area contributed by atoms with Crippen LogP contribution in [0.3, 0.4) is 0 Å². The van der Waals surface area contributed by atoms with E-state index in [-0.39, 0.29) is 17.4 Å². The Hall–Kier alpha value is -2.14. The minimum absolute atomic E-state index is 0.127. The molecule has 0 radical (unpaired) electrons. The van der Waals surface area contributed by atoms with Crippen LogP contribution in [0.1, 0.15) is 17.0 Å². The van der Waals surface area contributed by atoms with Gasteiger partial charge in [-0.1, -0.05) is 52.3 Å². The summed E-state index contributed by atoms with van der Waals surface area (Å²) < 4.78 is 0.945. The average Bonchev–Trinajstić information content (AvgIpc) is 2.91. The summed E-state index contributed by atoms with van der Waals surface area (Å²) in [6.45, 7) is -0.127. The fourth-order valence-corrected chi connectivity index (χ4v) is 3.25. The largest absolute Gasteiger partial charge is 0.361 e. The van der Waals surface area contributed by atoms with Gasteiger partial charge in [0.25, 0.3) is 0 Å². The van der Waals surface area contributed by atoms with Gasteiger partial charge in [0.1, 0.15) is 0 Å². The van der Waals surface area contributed by atoms with Crippen molar-refractivity contribution in [2.24, 2.45) is 0 Å². The summed E-state index contributed by atoms with van der Waals surface area (Å²) in [6, 6.07) is 15.5. The maximum Gasteiger partial charge on any atom is 0.214 e. The third-order valence-corrected chi connectivity index (χ3v) is 4.26. The molecule has 3 rings (SSSR count). The van der Waals surface area contributed by atoms with E-state index in [1.165, 1.54) is 0 Å². The van der Waals surface area contributed by atoms with Crippen LogP contribution in [0.5, 0.6) is 0 Å². The van der Waals surface area contributed by atoms with Crippen molar-refractivity contribution >= 4 is 26.8 Å². The molecule has 1 N–H and O–H groups in total. The zero-order chi connectivity index (χ0) is 14.8. The topological polar surface area (TPSA) is 58.9 Å². The van der Waals surface area contributed by atoms with Crippen LogP contribution in [-0.2, 0) is 0 Å². The molecule has 21 heavy (non-hydrogen) atoms.